The zero-order chi connectivity index (χ0) is 24.7. The maximum Gasteiger partial charge on any atom is 0.295 e. The average Bonchev–Trinajstić information content (AvgIpc) is 3.45. The van der Waals surface area contributed by atoms with Crippen molar-refractivity contribution in [2.75, 3.05) is 26.4 Å². The number of aliphatic hydroxyl groups excluding tert-OH is 1. The number of benzene rings is 2. The zero-order valence-electron chi connectivity index (χ0n) is 20.4. The van der Waals surface area contributed by atoms with Gasteiger partial charge in [0.25, 0.3) is 11.7 Å². The highest BCUT2D eigenvalue weighted by Gasteiger charge is 2.47. The number of rotatable bonds is 4. The molecule has 7 heteroatoms. The minimum Gasteiger partial charge on any atom is -0.507 e. The Hall–Kier alpha value is -3.32. The zero-order valence-corrected chi connectivity index (χ0v) is 20.4. The SMILES string of the molecule is CC(C)(C)c1ccc([C@@H]2C(=C(O)c3ccc4c(c3)OCCO4)C(=O)C(=O)N2C[C@@H]2CCCO2)cc1. The van der Waals surface area contributed by atoms with Crippen molar-refractivity contribution in [1.29, 1.82) is 0 Å². The van der Waals surface area contributed by atoms with Gasteiger partial charge in [0.05, 0.1) is 17.7 Å². The summed E-state index contributed by atoms with van der Waals surface area (Å²) in [6, 6.07) is 12.2. The van der Waals surface area contributed by atoms with Gasteiger partial charge in [-0.15, -0.1) is 0 Å². The third kappa shape index (κ3) is 4.41. The van der Waals surface area contributed by atoms with Crippen LogP contribution in [0.2, 0.25) is 0 Å². The van der Waals surface area contributed by atoms with E-state index in [-0.39, 0.29) is 22.9 Å². The van der Waals surface area contributed by atoms with E-state index in [1.165, 1.54) is 0 Å². The molecule has 184 valence electrons. The first-order chi connectivity index (χ1) is 16.7. The second-order valence-electron chi connectivity index (χ2n) is 10.3. The molecule has 2 saturated heterocycles. The van der Waals surface area contributed by atoms with Gasteiger partial charge in [0.1, 0.15) is 19.0 Å². The van der Waals surface area contributed by atoms with Gasteiger partial charge >= 0.3 is 0 Å². The minimum absolute atomic E-state index is 0.0385. The molecule has 1 N–H and O–H groups in total. The predicted molar refractivity (Wildman–Crippen MR) is 131 cm³/mol. The first kappa shape index (κ1) is 23.4. The first-order valence-electron chi connectivity index (χ1n) is 12.1. The molecule has 2 fully saturated rings. The van der Waals surface area contributed by atoms with Crippen LogP contribution in [-0.2, 0) is 19.7 Å². The second kappa shape index (κ2) is 9.04. The molecule has 0 unspecified atom stereocenters. The predicted octanol–water partition coefficient (Wildman–Crippen LogP) is 4.36. The third-order valence-corrected chi connectivity index (χ3v) is 6.87. The standard InChI is InChI=1S/C28H31NO6/c1-28(2,3)19-9-6-17(7-10-19)24-23(26(31)27(32)29(24)16-20-5-4-12-33-20)25(30)18-8-11-21-22(15-18)35-14-13-34-21/h6-11,15,20,24,30H,4-5,12-14,16H2,1-3H3/t20-,24+/m0/s1. The van der Waals surface area contributed by atoms with Crippen molar-refractivity contribution in [2.24, 2.45) is 0 Å². The summed E-state index contributed by atoms with van der Waals surface area (Å²) in [6.07, 6.45) is 1.64. The molecule has 2 atom stereocenters. The molecule has 0 saturated carbocycles. The molecule has 0 radical (unpaired) electrons. The van der Waals surface area contributed by atoms with Crippen molar-refractivity contribution in [3.8, 4) is 11.5 Å². The number of Topliss-reactive ketones (excluding diaryl/α,β-unsaturated/α-hetero) is 1. The van der Waals surface area contributed by atoms with E-state index in [0.717, 1.165) is 24.0 Å². The van der Waals surface area contributed by atoms with E-state index in [2.05, 4.69) is 20.8 Å². The molecule has 7 nitrogen and oxygen atoms in total. The van der Waals surface area contributed by atoms with Crippen molar-refractivity contribution in [3.63, 3.8) is 0 Å². The van der Waals surface area contributed by atoms with E-state index in [1.54, 1.807) is 23.1 Å². The lowest BCUT2D eigenvalue weighted by Crippen LogP contribution is -2.36. The fourth-order valence-corrected chi connectivity index (χ4v) is 4.93. The van der Waals surface area contributed by atoms with Gasteiger partial charge < -0.3 is 24.2 Å². The molecule has 3 aliphatic rings. The second-order valence-corrected chi connectivity index (χ2v) is 10.3. The molecule has 3 aliphatic heterocycles. The molecule has 35 heavy (non-hydrogen) atoms. The molecule has 0 aromatic heterocycles. The van der Waals surface area contributed by atoms with Crippen LogP contribution in [0.1, 0.15) is 56.3 Å². The van der Waals surface area contributed by atoms with Gasteiger partial charge in [0.15, 0.2) is 11.5 Å². The van der Waals surface area contributed by atoms with Gasteiger partial charge in [-0.2, -0.15) is 0 Å². The Labute approximate surface area is 205 Å². The number of ketones is 1. The summed E-state index contributed by atoms with van der Waals surface area (Å²) in [4.78, 5) is 28.1. The molecule has 5 rings (SSSR count). The molecular formula is C28H31NO6. The van der Waals surface area contributed by atoms with Crippen LogP contribution in [0.5, 0.6) is 11.5 Å². The quantitative estimate of drug-likeness (QED) is 0.400. The highest BCUT2D eigenvalue weighted by Crippen LogP contribution is 2.42. The fourth-order valence-electron chi connectivity index (χ4n) is 4.93. The van der Waals surface area contributed by atoms with Crippen LogP contribution in [0.4, 0.5) is 0 Å². The van der Waals surface area contributed by atoms with Gasteiger partial charge in [-0.05, 0) is 47.6 Å². The lowest BCUT2D eigenvalue weighted by atomic mass is 9.85. The number of amides is 1. The summed E-state index contributed by atoms with van der Waals surface area (Å²) < 4.78 is 17.0. The van der Waals surface area contributed by atoms with E-state index in [4.69, 9.17) is 14.2 Å². The number of carbonyl (C=O) groups excluding carboxylic acids is 2. The average molecular weight is 478 g/mol. The summed E-state index contributed by atoms with van der Waals surface area (Å²) in [5, 5.41) is 11.4. The summed E-state index contributed by atoms with van der Waals surface area (Å²) in [7, 11) is 0. The summed E-state index contributed by atoms with van der Waals surface area (Å²) in [5.41, 5.74) is 2.36. The summed E-state index contributed by atoms with van der Waals surface area (Å²) in [6.45, 7) is 8.21. The number of hydrogen-bond donors (Lipinski definition) is 1. The Morgan fingerprint density at radius 2 is 1.71 bits per heavy atom. The number of likely N-dealkylation sites (tertiary alicyclic amines) is 1. The number of hydrogen-bond acceptors (Lipinski definition) is 6. The number of ether oxygens (including phenoxy) is 3. The minimum atomic E-state index is -0.707. The molecule has 0 aliphatic carbocycles. The van der Waals surface area contributed by atoms with Crippen LogP contribution in [0.15, 0.2) is 48.0 Å². The van der Waals surface area contributed by atoms with E-state index in [0.29, 0.717) is 43.4 Å². The van der Waals surface area contributed by atoms with E-state index >= 15 is 0 Å². The molecule has 3 heterocycles. The topological polar surface area (TPSA) is 85.3 Å². The Kier molecular flexibility index (Phi) is 6.05. The van der Waals surface area contributed by atoms with Gasteiger partial charge in [0.2, 0.25) is 0 Å². The highest BCUT2D eigenvalue weighted by atomic mass is 16.6. The van der Waals surface area contributed by atoms with Crippen LogP contribution in [0, 0.1) is 0 Å². The molecule has 0 bridgehead atoms. The van der Waals surface area contributed by atoms with Crippen molar-refractivity contribution in [2.45, 2.75) is 51.2 Å². The maximum absolute atomic E-state index is 13.3. The van der Waals surface area contributed by atoms with Gasteiger partial charge in [-0.25, -0.2) is 0 Å². The Balaban J connectivity index is 1.59. The smallest absolute Gasteiger partial charge is 0.295 e. The van der Waals surface area contributed by atoms with Crippen molar-refractivity contribution >= 4 is 17.4 Å². The van der Waals surface area contributed by atoms with E-state index < -0.39 is 17.7 Å². The lowest BCUT2D eigenvalue weighted by Gasteiger charge is -2.28. The van der Waals surface area contributed by atoms with Crippen LogP contribution >= 0.6 is 0 Å². The third-order valence-electron chi connectivity index (χ3n) is 6.87. The van der Waals surface area contributed by atoms with Crippen LogP contribution in [-0.4, -0.2) is 54.2 Å². The van der Waals surface area contributed by atoms with Crippen molar-refractivity contribution in [1.82, 2.24) is 4.90 Å². The van der Waals surface area contributed by atoms with Gasteiger partial charge in [-0.3, -0.25) is 9.59 Å². The number of carbonyl (C=O) groups is 2. The van der Waals surface area contributed by atoms with Crippen LogP contribution in [0.3, 0.4) is 0 Å². The normalized spacial score (nSPS) is 23.7. The van der Waals surface area contributed by atoms with Crippen molar-refractivity contribution in [3.05, 3.63) is 64.7 Å². The fraction of sp³-hybridized carbons (Fsp3) is 0.429. The highest BCUT2D eigenvalue weighted by molar-refractivity contribution is 6.46. The Bertz CT molecular complexity index is 1170. The molecular weight excluding hydrogens is 446 g/mol. The van der Waals surface area contributed by atoms with E-state index in [1.807, 2.05) is 24.3 Å². The van der Waals surface area contributed by atoms with Crippen LogP contribution < -0.4 is 9.47 Å². The number of aliphatic hydroxyl groups is 1. The van der Waals surface area contributed by atoms with Crippen LogP contribution in [0.25, 0.3) is 5.76 Å². The summed E-state index contributed by atoms with van der Waals surface area (Å²) >= 11 is 0. The number of fused-ring (bicyclic) bond motifs is 1. The molecule has 2 aromatic carbocycles. The lowest BCUT2D eigenvalue weighted by molar-refractivity contribution is -0.140. The molecule has 1 amide bonds. The Morgan fingerprint density at radius 3 is 2.37 bits per heavy atom. The van der Waals surface area contributed by atoms with Crippen molar-refractivity contribution < 1.29 is 28.9 Å². The number of nitrogens with zero attached hydrogens (tertiary/aromatic N) is 1. The largest absolute Gasteiger partial charge is 0.507 e. The molecule has 0 spiro atoms. The monoisotopic (exact) mass is 477 g/mol. The summed E-state index contributed by atoms with van der Waals surface area (Å²) in [5.74, 6) is -0.453. The van der Waals surface area contributed by atoms with E-state index in [9.17, 15) is 14.7 Å². The molecule has 2 aromatic rings. The van der Waals surface area contributed by atoms with Gasteiger partial charge in [-0.1, -0.05) is 45.0 Å². The van der Waals surface area contributed by atoms with Gasteiger partial charge in [0, 0.05) is 18.7 Å². The Morgan fingerprint density at radius 1 is 1.00 bits per heavy atom. The first-order valence-corrected chi connectivity index (χ1v) is 12.1. The maximum atomic E-state index is 13.3.